The molecule has 270 valence electrons. The van der Waals surface area contributed by atoms with Crippen molar-refractivity contribution >= 4 is 29.0 Å². The van der Waals surface area contributed by atoms with Crippen LogP contribution in [0.2, 0.25) is 0 Å². The Labute approximate surface area is 289 Å². The molecule has 47 heavy (non-hydrogen) atoms. The first kappa shape index (κ1) is 48.1. The zero-order valence-electron chi connectivity index (χ0n) is 32.5. The van der Waals surface area contributed by atoms with Crippen LogP contribution in [0.1, 0.15) is 153 Å². The molecule has 2 aromatic rings. The summed E-state index contributed by atoms with van der Waals surface area (Å²) < 4.78 is 11.9. The summed E-state index contributed by atoms with van der Waals surface area (Å²) in [6.45, 7) is 26.9. The van der Waals surface area contributed by atoms with Gasteiger partial charge in [-0.25, -0.2) is 4.79 Å². The number of hydrogen-bond acceptors (Lipinski definition) is 5. The molecule has 0 aliphatic heterocycles. The van der Waals surface area contributed by atoms with E-state index in [1.807, 2.05) is 39.8 Å². The number of fused-ring (bicyclic) bond motifs is 1. The molecule has 0 aliphatic rings. The Morgan fingerprint density at radius 2 is 1.57 bits per heavy atom. The van der Waals surface area contributed by atoms with E-state index in [0.717, 1.165) is 92.1 Å². The van der Waals surface area contributed by atoms with E-state index in [4.69, 9.17) is 19.3 Å². The van der Waals surface area contributed by atoms with E-state index in [-0.39, 0.29) is 6.10 Å². The maximum atomic E-state index is 12.6. The maximum absolute atomic E-state index is 12.6. The van der Waals surface area contributed by atoms with E-state index in [2.05, 4.69) is 78.0 Å². The Morgan fingerprint density at radius 1 is 0.957 bits per heavy atom. The number of rotatable bonds is 16. The van der Waals surface area contributed by atoms with Crippen molar-refractivity contribution in [2.45, 2.75) is 160 Å². The summed E-state index contributed by atoms with van der Waals surface area (Å²) in [7, 11) is 0. The number of aryl methyl sites for hydroxylation is 1. The van der Waals surface area contributed by atoms with Crippen molar-refractivity contribution in [2.75, 3.05) is 6.61 Å². The van der Waals surface area contributed by atoms with Gasteiger partial charge in [0.2, 0.25) is 0 Å². The molecule has 7 nitrogen and oxygen atoms in total. The van der Waals surface area contributed by atoms with Crippen LogP contribution in [0.4, 0.5) is 4.79 Å². The Balaban J connectivity index is -0.00000173. The number of carbonyl (C=O) groups is 2. The monoisotopic (exact) mass is 658 g/mol. The van der Waals surface area contributed by atoms with Crippen LogP contribution in [0.25, 0.3) is 10.9 Å². The third kappa shape index (κ3) is 22.0. The third-order valence-corrected chi connectivity index (χ3v) is 6.42. The topological polar surface area (TPSA) is 92.8 Å². The van der Waals surface area contributed by atoms with Crippen molar-refractivity contribution < 1.29 is 19.1 Å². The van der Waals surface area contributed by atoms with Crippen LogP contribution in [-0.2, 0) is 16.0 Å². The first-order valence-corrected chi connectivity index (χ1v) is 18.2. The van der Waals surface area contributed by atoms with Crippen molar-refractivity contribution in [1.82, 2.24) is 10.3 Å². The highest BCUT2D eigenvalue weighted by Gasteiger charge is 2.20. The molecule has 1 aromatic heterocycles. The Hall–Kier alpha value is -3.35. The number of hydrogen-bond donors (Lipinski definition) is 2. The molecule has 1 atom stereocenters. The first-order valence-electron chi connectivity index (χ1n) is 18.2. The number of alkyl carbamates (subject to hydrolysis) is 1. The number of nitrogens with one attached hydrogen (secondary N) is 2. The lowest BCUT2D eigenvalue weighted by molar-refractivity contribution is -0.106. The molecule has 1 heterocycles. The van der Waals surface area contributed by atoms with Gasteiger partial charge >= 0.3 is 6.09 Å². The molecule has 0 bridgehead atoms. The van der Waals surface area contributed by atoms with Crippen LogP contribution < -0.4 is 10.1 Å². The van der Waals surface area contributed by atoms with Crippen molar-refractivity contribution in [2.24, 2.45) is 4.99 Å². The van der Waals surface area contributed by atoms with Crippen LogP contribution in [0.15, 0.2) is 52.9 Å². The number of aromatic nitrogens is 1. The molecule has 1 amide bonds. The molecule has 1 aromatic carbocycles. The Kier molecular flexibility index (Phi) is 34.8. The van der Waals surface area contributed by atoms with Crippen LogP contribution in [0.5, 0.6) is 5.75 Å². The fourth-order valence-electron chi connectivity index (χ4n) is 4.38. The molecule has 1 unspecified atom stereocenters. The number of ether oxygens (including phenoxy) is 2. The molecular weight excluding hydrogens is 586 g/mol. The normalized spacial score (nSPS) is 11.6. The zero-order chi connectivity index (χ0) is 36.5. The lowest BCUT2D eigenvalue weighted by atomic mass is 10.0. The second-order valence-corrected chi connectivity index (χ2v) is 10.5. The summed E-state index contributed by atoms with van der Waals surface area (Å²) in [6, 6.07) is 6.02. The van der Waals surface area contributed by atoms with Gasteiger partial charge in [-0.1, -0.05) is 113 Å². The van der Waals surface area contributed by atoms with Crippen LogP contribution in [0.3, 0.4) is 0 Å². The molecule has 0 radical (unpaired) electrons. The van der Waals surface area contributed by atoms with Crippen molar-refractivity contribution in [3.05, 3.63) is 53.5 Å². The van der Waals surface area contributed by atoms with Gasteiger partial charge in [0.05, 0.1) is 5.71 Å². The second-order valence-electron chi connectivity index (χ2n) is 10.5. The smallest absolute Gasteiger partial charge is 0.411 e. The van der Waals surface area contributed by atoms with Gasteiger partial charge in [0, 0.05) is 29.0 Å². The van der Waals surface area contributed by atoms with E-state index in [1.165, 1.54) is 24.5 Å². The van der Waals surface area contributed by atoms with E-state index >= 15 is 0 Å². The van der Waals surface area contributed by atoms with Crippen LogP contribution in [-0.4, -0.2) is 35.8 Å². The van der Waals surface area contributed by atoms with Crippen molar-refractivity contribution in [3.63, 3.8) is 0 Å². The number of nitrogens with zero attached hydrogens (tertiary/aromatic N) is 1. The maximum Gasteiger partial charge on any atom is 0.411 e. The summed E-state index contributed by atoms with van der Waals surface area (Å²) in [5.41, 5.74) is 5.61. The number of benzene rings is 1. The average Bonchev–Trinajstić information content (AvgIpc) is 3.49. The van der Waals surface area contributed by atoms with E-state index in [0.29, 0.717) is 6.61 Å². The van der Waals surface area contributed by atoms with Gasteiger partial charge in [0.15, 0.2) is 0 Å². The fourth-order valence-corrected chi connectivity index (χ4v) is 4.38. The summed E-state index contributed by atoms with van der Waals surface area (Å²) in [5, 5.41) is 3.87. The number of amides is 1. The number of carbonyl (C=O) groups excluding carboxylic acids is 2. The van der Waals surface area contributed by atoms with Gasteiger partial charge in [0.1, 0.15) is 24.7 Å². The van der Waals surface area contributed by atoms with Crippen LogP contribution >= 0.6 is 0 Å². The van der Waals surface area contributed by atoms with Crippen molar-refractivity contribution in [3.8, 4) is 5.75 Å². The lowest BCUT2D eigenvalue weighted by Crippen LogP contribution is -2.31. The SMILES string of the molecule is CC.CC.CC=O.CCC.CCCCC(OC(=O)N/C=C/COc1cccc2[nH]cc(CCC)c12)C(CCC)=N/C(C)=C(\C)CCC. The average molecular weight is 658 g/mol. The van der Waals surface area contributed by atoms with Crippen LogP contribution in [0, 0.1) is 0 Å². The van der Waals surface area contributed by atoms with Gasteiger partial charge in [0.25, 0.3) is 0 Å². The molecular formula is C40H71N3O4. The minimum Gasteiger partial charge on any atom is -0.489 e. The summed E-state index contributed by atoms with van der Waals surface area (Å²) in [5.74, 6) is 0.844. The molecule has 0 aliphatic carbocycles. The molecule has 0 fully saturated rings. The molecule has 7 heteroatoms. The number of aromatic amines is 1. The van der Waals surface area contributed by atoms with Gasteiger partial charge in [-0.2, -0.15) is 0 Å². The largest absolute Gasteiger partial charge is 0.489 e. The molecule has 0 spiro atoms. The number of allylic oxidation sites excluding steroid dienone is 2. The molecule has 0 saturated heterocycles. The minimum atomic E-state index is -0.467. The van der Waals surface area contributed by atoms with E-state index in [1.54, 1.807) is 12.3 Å². The summed E-state index contributed by atoms with van der Waals surface area (Å²) in [6.07, 6.45) is 15.4. The van der Waals surface area contributed by atoms with Gasteiger partial charge in [-0.05, 0) is 76.6 Å². The second kappa shape index (κ2) is 34.0. The number of unbranched alkanes of at least 4 members (excludes halogenated alkanes) is 1. The van der Waals surface area contributed by atoms with E-state index < -0.39 is 6.09 Å². The van der Waals surface area contributed by atoms with Gasteiger partial charge in [-0.3, -0.25) is 10.3 Å². The quantitative estimate of drug-likeness (QED) is 0.139. The Morgan fingerprint density at radius 3 is 2.13 bits per heavy atom. The highest BCUT2D eigenvalue weighted by atomic mass is 16.6. The highest BCUT2D eigenvalue weighted by molar-refractivity contribution is 5.91. The number of aliphatic imine (C=N–C) groups is 1. The first-order chi connectivity index (χ1) is 22.8. The standard InChI is InChI=1S/C31H47N3O3.C3H8.C2H4O.2C2H6/c1-7-11-18-28(26(16-10-4)34-24(6)23(5)14-8-2)37-31(35)32-20-13-21-36-29-19-12-17-27-30(29)25(15-9-3)22-33-27;1-3-2;1-2-3;2*1-2/h12-13,17,19-20,22,28,33H,7-11,14-16,18,21H2,1-6H3,(H,32,35);3H2,1-2H3;2H,1H3;2*1-2H3/b20-13+,24-23+,34-26?;;;;. The predicted octanol–water partition coefficient (Wildman–Crippen LogP) is 12.3. The lowest BCUT2D eigenvalue weighted by Gasteiger charge is -2.20. The van der Waals surface area contributed by atoms with E-state index in [9.17, 15) is 4.79 Å². The Bertz CT molecular complexity index is 1130. The van der Waals surface area contributed by atoms with Crippen molar-refractivity contribution in [1.29, 1.82) is 0 Å². The number of aldehydes is 1. The molecule has 2 N–H and O–H groups in total. The molecule has 0 saturated carbocycles. The highest BCUT2D eigenvalue weighted by Crippen LogP contribution is 2.29. The number of H-pyrrole nitrogens is 1. The summed E-state index contributed by atoms with van der Waals surface area (Å²) in [4.78, 5) is 29.7. The fraction of sp³-hybridized carbons (Fsp3) is 0.625. The van der Waals surface area contributed by atoms with Gasteiger partial charge < -0.3 is 19.3 Å². The zero-order valence-corrected chi connectivity index (χ0v) is 32.5. The predicted molar refractivity (Wildman–Crippen MR) is 206 cm³/mol. The summed E-state index contributed by atoms with van der Waals surface area (Å²) >= 11 is 0. The minimum absolute atomic E-state index is 0.322. The van der Waals surface area contributed by atoms with Gasteiger partial charge in [-0.15, -0.1) is 0 Å². The third-order valence-electron chi connectivity index (χ3n) is 6.42. The molecule has 2 rings (SSSR count).